The van der Waals surface area contributed by atoms with Gasteiger partial charge in [-0.1, -0.05) is 0 Å². The Bertz CT molecular complexity index is 388. The Hall–Kier alpha value is -1.03. The number of rotatable bonds is 2. The van der Waals surface area contributed by atoms with E-state index >= 15 is 0 Å². The second-order valence-corrected chi connectivity index (χ2v) is 5.29. The van der Waals surface area contributed by atoms with Gasteiger partial charge < -0.3 is 9.80 Å². The van der Waals surface area contributed by atoms with Gasteiger partial charge in [-0.15, -0.1) is 0 Å². The van der Waals surface area contributed by atoms with Crippen LogP contribution in [-0.4, -0.2) is 47.9 Å². The van der Waals surface area contributed by atoms with Crippen LogP contribution in [0, 0.1) is 13.8 Å². The van der Waals surface area contributed by atoms with E-state index in [1.54, 1.807) is 0 Å². The molecule has 0 radical (unpaired) electrons. The summed E-state index contributed by atoms with van der Waals surface area (Å²) in [7, 11) is 6.44. The molecule has 1 aromatic rings. The lowest BCUT2D eigenvalue weighted by Crippen LogP contribution is -2.42. The van der Waals surface area contributed by atoms with Gasteiger partial charge in [0.1, 0.15) is 0 Å². The van der Waals surface area contributed by atoms with Crippen molar-refractivity contribution in [3.8, 4) is 0 Å². The summed E-state index contributed by atoms with van der Waals surface area (Å²) in [6, 6.07) is 0.660. The highest BCUT2D eigenvalue weighted by Crippen LogP contribution is 2.27. The highest BCUT2D eigenvalue weighted by molar-refractivity contribution is 5.54. The summed E-state index contributed by atoms with van der Waals surface area (Å²) in [4.78, 5) is 4.85. The molecule has 2 heterocycles. The van der Waals surface area contributed by atoms with Gasteiger partial charge >= 0.3 is 0 Å². The lowest BCUT2D eigenvalue weighted by atomic mass is 10.0. The molecule has 0 spiro atoms. The number of aryl methyl sites for hydroxylation is 2. The molecule has 0 N–H and O–H groups in total. The fraction of sp³-hybridized carbons (Fsp3) is 0.769. The molecule has 0 bridgehead atoms. The smallest absolute Gasteiger partial charge is 0.0829 e. The van der Waals surface area contributed by atoms with Crippen LogP contribution in [0.1, 0.15) is 24.2 Å². The molecule has 1 aromatic heterocycles. The standard InChI is InChI=1S/C13H24N4/c1-10-13(11(2)17(5)14-10)16(4)12-6-8-15(3)9-7-12/h12H,6-9H2,1-5H3. The third kappa shape index (κ3) is 2.32. The van der Waals surface area contributed by atoms with Gasteiger partial charge in [-0.25, -0.2) is 0 Å². The van der Waals surface area contributed by atoms with Gasteiger partial charge in [0, 0.05) is 20.1 Å². The molecule has 4 nitrogen and oxygen atoms in total. The highest BCUT2D eigenvalue weighted by atomic mass is 15.3. The Labute approximate surface area is 104 Å². The van der Waals surface area contributed by atoms with Crippen LogP contribution < -0.4 is 4.90 Å². The Morgan fingerprint density at radius 1 is 1.18 bits per heavy atom. The van der Waals surface area contributed by atoms with Gasteiger partial charge in [-0.3, -0.25) is 4.68 Å². The molecule has 96 valence electrons. The van der Waals surface area contributed by atoms with E-state index in [-0.39, 0.29) is 0 Å². The fourth-order valence-electron chi connectivity index (χ4n) is 2.84. The number of nitrogens with zero attached hydrogens (tertiary/aromatic N) is 4. The first-order chi connectivity index (χ1) is 8.00. The summed E-state index contributed by atoms with van der Waals surface area (Å²) in [5.41, 5.74) is 3.73. The van der Waals surface area contributed by atoms with E-state index < -0.39 is 0 Å². The van der Waals surface area contributed by atoms with Gasteiger partial charge in [0.25, 0.3) is 0 Å². The van der Waals surface area contributed by atoms with Crippen molar-refractivity contribution in [3.05, 3.63) is 11.4 Å². The van der Waals surface area contributed by atoms with Crippen LogP contribution in [0.3, 0.4) is 0 Å². The number of anilines is 1. The highest BCUT2D eigenvalue weighted by Gasteiger charge is 2.24. The Kier molecular flexibility index (Phi) is 3.43. The Morgan fingerprint density at radius 3 is 2.24 bits per heavy atom. The number of hydrogen-bond donors (Lipinski definition) is 0. The first-order valence-electron chi connectivity index (χ1n) is 6.42. The third-order valence-electron chi connectivity index (χ3n) is 4.06. The molecule has 0 saturated carbocycles. The largest absolute Gasteiger partial charge is 0.369 e. The predicted octanol–water partition coefficient (Wildman–Crippen LogP) is 1.57. The molecule has 1 aliphatic heterocycles. The number of piperidine rings is 1. The number of hydrogen-bond acceptors (Lipinski definition) is 3. The minimum Gasteiger partial charge on any atom is -0.369 e. The summed E-state index contributed by atoms with van der Waals surface area (Å²) in [6.07, 6.45) is 2.50. The molecular weight excluding hydrogens is 212 g/mol. The van der Waals surface area contributed by atoms with Gasteiger partial charge in [0.2, 0.25) is 0 Å². The van der Waals surface area contributed by atoms with E-state index in [4.69, 9.17) is 0 Å². The van der Waals surface area contributed by atoms with Crippen LogP contribution in [0.2, 0.25) is 0 Å². The van der Waals surface area contributed by atoms with Gasteiger partial charge in [0.15, 0.2) is 0 Å². The van der Waals surface area contributed by atoms with Crippen molar-refractivity contribution in [1.29, 1.82) is 0 Å². The molecule has 0 amide bonds. The molecular formula is C13H24N4. The third-order valence-corrected chi connectivity index (χ3v) is 4.06. The van der Waals surface area contributed by atoms with Crippen LogP contribution >= 0.6 is 0 Å². The van der Waals surface area contributed by atoms with Crippen LogP contribution in [0.5, 0.6) is 0 Å². The maximum Gasteiger partial charge on any atom is 0.0829 e. The minimum absolute atomic E-state index is 0.660. The zero-order valence-corrected chi connectivity index (χ0v) is 11.7. The Morgan fingerprint density at radius 2 is 1.76 bits per heavy atom. The maximum absolute atomic E-state index is 4.51. The van der Waals surface area contributed by atoms with Crippen LogP contribution in [0.15, 0.2) is 0 Å². The van der Waals surface area contributed by atoms with Crippen LogP contribution in [0.25, 0.3) is 0 Å². The molecule has 2 rings (SSSR count). The summed E-state index contributed by atoms with van der Waals surface area (Å²) in [5.74, 6) is 0. The molecule has 0 atom stereocenters. The summed E-state index contributed by atoms with van der Waals surface area (Å²) in [6.45, 7) is 6.66. The lowest BCUT2D eigenvalue weighted by molar-refractivity contribution is 0.252. The van der Waals surface area contributed by atoms with E-state index in [1.807, 2.05) is 11.7 Å². The summed E-state index contributed by atoms with van der Waals surface area (Å²) >= 11 is 0. The average Bonchev–Trinajstić information content (AvgIpc) is 2.53. The summed E-state index contributed by atoms with van der Waals surface area (Å²) < 4.78 is 1.98. The minimum atomic E-state index is 0.660. The molecule has 0 aliphatic carbocycles. The van der Waals surface area contributed by atoms with Crippen molar-refractivity contribution in [1.82, 2.24) is 14.7 Å². The monoisotopic (exact) mass is 236 g/mol. The van der Waals surface area contributed by atoms with Crippen molar-refractivity contribution in [2.45, 2.75) is 32.7 Å². The van der Waals surface area contributed by atoms with Crippen molar-refractivity contribution in [2.24, 2.45) is 7.05 Å². The normalized spacial score (nSPS) is 18.6. The number of likely N-dealkylation sites (tertiary alicyclic amines) is 1. The SMILES string of the molecule is Cc1nn(C)c(C)c1N(C)C1CCN(C)CC1. The van der Waals surface area contributed by atoms with Crippen molar-refractivity contribution >= 4 is 5.69 Å². The molecule has 1 saturated heterocycles. The second kappa shape index (κ2) is 4.69. The van der Waals surface area contributed by atoms with Gasteiger partial charge in [-0.05, 0) is 46.8 Å². The van der Waals surface area contributed by atoms with Gasteiger partial charge in [0.05, 0.1) is 17.1 Å². The zero-order valence-electron chi connectivity index (χ0n) is 11.7. The molecule has 0 unspecified atom stereocenters. The summed E-state index contributed by atoms with van der Waals surface area (Å²) in [5, 5.41) is 4.51. The van der Waals surface area contributed by atoms with E-state index in [0.717, 1.165) is 5.69 Å². The second-order valence-electron chi connectivity index (χ2n) is 5.29. The molecule has 17 heavy (non-hydrogen) atoms. The predicted molar refractivity (Wildman–Crippen MR) is 71.6 cm³/mol. The average molecular weight is 236 g/mol. The zero-order chi connectivity index (χ0) is 12.6. The number of aromatic nitrogens is 2. The van der Waals surface area contributed by atoms with Crippen LogP contribution in [-0.2, 0) is 7.05 Å². The Balaban J connectivity index is 2.16. The van der Waals surface area contributed by atoms with Crippen LogP contribution in [0.4, 0.5) is 5.69 Å². The quantitative estimate of drug-likeness (QED) is 0.779. The maximum atomic E-state index is 4.51. The van der Waals surface area contributed by atoms with E-state index in [9.17, 15) is 0 Å². The van der Waals surface area contributed by atoms with E-state index in [1.165, 1.54) is 37.3 Å². The lowest BCUT2D eigenvalue weighted by Gasteiger charge is -2.36. The molecule has 1 aliphatic rings. The molecule has 0 aromatic carbocycles. The first-order valence-corrected chi connectivity index (χ1v) is 6.42. The van der Waals surface area contributed by atoms with E-state index in [2.05, 4.69) is 42.8 Å². The van der Waals surface area contributed by atoms with Crippen molar-refractivity contribution in [3.63, 3.8) is 0 Å². The van der Waals surface area contributed by atoms with E-state index in [0.29, 0.717) is 6.04 Å². The first kappa shape index (κ1) is 12.4. The molecule has 4 heteroatoms. The fourth-order valence-corrected chi connectivity index (χ4v) is 2.84. The van der Waals surface area contributed by atoms with Crippen molar-refractivity contribution < 1.29 is 0 Å². The van der Waals surface area contributed by atoms with Crippen molar-refractivity contribution in [2.75, 3.05) is 32.1 Å². The topological polar surface area (TPSA) is 24.3 Å². The molecule has 1 fully saturated rings. The van der Waals surface area contributed by atoms with Gasteiger partial charge in [-0.2, -0.15) is 5.10 Å².